The van der Waals surface area contributed by atoms with E-state index in [1.54, 1.807) is 25.3 Å². The fourth-order valence-electron chi connectivity index (χ4n) is 2.37. The van der Waals surface area contributed by atoms with Crippen LogP contribution in [-0.2, 0) is 6.54 Å². The number of nitrogens with one attached hydrogen (secondary N) is 2. The van der Waals surface area contributed by atoms with E-state index in [0.29, 0.717) is 29.6 Å². The van der Waals surface area contributed by atoms with Crippen molar-refractivity contribution in [3.63, 3.8) is 0 Å². The van der Waals surface area contributed by atoms with E-state index in [9.17, 15) is 4.39 Å². The quantitative estimate of drug-likeness (QED) is 0.702. The van der Waals surface area contributed by atoms with Gasteiger partial charge in [-0.05, 0) is 37.3 Å². The number of benzene rings is 2. The minimum Gasteiger partial charge on any atom is -0.497 e. The fraction of sp³-hybridized carbons (Fsp3) is 0.158. The minimum absolute atomic E-state index is 0.239. The first kappa shape index (κ1) is 16.7. The lowest BCUT2D eigenvalue weighted by atomic mass is 10.2. The summed E-state index contributed by atoms with van der Waals surface area (Å²) < 4.78 is 18.9. The predicted octanol–water partition coefficient (Wildman–Crippen LogP) is 4.29. The lowest BCUT2D eigenvalue weighted by molar-refractivity contribution is 0.415. The molecule has 3 rings (SSSR count). The third-order valence-corrected chi connectivity index (χ3v) is 3.62. The van der Waals surface area contributed by atoms with Gasteiger partial charge in [-0.2, -0.15) is 0 Å². The second kappa shape index (κ2) is 7.61. The van der Waals surface area contributed by atoms with Gasteiger partial charge in [0, 0.05) is 23.9 Å². The Balaban J connectivity index is 1.72. The highest BCUT2D eigenvalue weighted by molar-refractivity contribution is 5.60. The molecule has 0 aliphatic rings. The Labute approximate surface area is 145 Å². The number of nitrogens with zero attached hydrogens (tertiary/aromatic N) is 2. The van der Waals surface area contributed by atoms with Gasteiger partial charge in [-0.15, -0.1) is 0 Å². The van der Waals surface area contributed by atoms with Gasteiger partial charge in [0.25, 0.3) is 0 Å². The zero-order valence-corrected chi connectivity index (χ0v) is 14.1. The van der Waals surface area contributed by atoms with Crippen molar-refractivity contribution in [3.05, 3.63) is 71.8 Å². The van der Waals surface area contributed by atoms with Crippen LogP contribution in [0, 0.1) is 12.7 Å². The molecule has 0 aliphatic heterocycles. The van der Waals surface area contributed by atoms with E-state index in [1.807, 2.05) is 37.3 Å². The molecule has 0 saturated heterocycles. The molecule has 0 unspecified atom stereocenters. The molecule has 0 aliphatic carbocycles. The number of rotatable bonds is 6. The lowest BCUT2D eigenvalue weighted by Crippen LogP contribution is -2.06. The van der Waals surface area contributed by atoms with E-state index in [-0.39, 0.29) is 5.82 Å². The summed E-state index contributed by atoms with van der Waals surface area (Å²) in [7, 11) is 1.63. The van der Waals surface area contributed by atoms with E-state index in [1.165, 1.54) is 6.07 Å². The van der Waals surface area contributed by atoms with Crippen LogP contribution < -0.4 is 15.4 Å². The zero-order chi connectivity index (χ0) is 17.6. The Morgan fingerprint density at radius 1 is 1.00 bits per heavy atom. The first-order valence-electron chi connectivity index (χ1n) is 7.88. The van der Waals surface area contributed by atoms with Crippen LogP contribution in [0.15, 0.2) is 54.6 Å². The van der Waals surface area contributed by atoms with Gasteiger partial charge >= 0.3 is 0 Å². The topological polar surface area (TPSA) is 59.1 Å². The van der Waals surface area contributed by atoms with E-state index >= 15 is 0 Å². The Hall–Kier alpha value is -3.15. The molecule has 3 aromatic rings. The Morgan fingerprint density at radius 2 is 1.72 bits per heavy atom. The molecule has 0 radical (unpaired) electrons. The van der Waals surface area contributed by atoms with Crippen LogP contribution in [0.3, 0.4) is 0 Å². The fourth-order valence-corrected chi connectivity index (χ4v) is 2.37. The molecule has 0 atom stereocenters. The van der Waals surface area contributed by atoms with E-state index < -0.39 is 0 Å². The Bertz CT molecular complexity index is 852. The molecule has 0 fully saturated rings. The summed E-state index contributed by atoms with van der Waals surface area (Å²) in [6.07, 6.45) is 0. The number of aromatic nitrogens is 2. The van der Waals surface area contributed by atoms with Crippen molar-refractivity contribution in [1.82, 2.24) is 9.97 Å². The van der Waals surface area contributed by atoms with Gasteiger partial charge in [0.2, 0.25) is 0 Å². The van der Waals surface area contributed by atoms with Gasteiger partial charge in [0.05, 0.1) is 7.11 Å². The van der Waals surface area contributed by atoms with Gasteiger partial charge < -0.3 is 15.4 Å². The summed E-state index contributed by atoms with van der Waals surface area (Å²) in [6.45, 7) is 2.17. The van der Waals surface area contributed by atoms with Crippen molar-refractivity contribution >= 4 is 17.3 Å². The molecule has 1 heterocycles. The molecular weight excluding hydrogens is 319 g/mol. The first-order valence-corrected chi connectivity index (χ1v) is 7.88. The molecule has 2 N–H and O–H groups in total. The van der Waals surface area contributed by atoms with Crippen LogP contribution in [0.1, 0.15) is 11.4 Å². The maximum Gasteiger partial charge on any atom is 0.136 e. The van der Waals surface area contributed by atoms with Crippen molar-refractivity contribution in [3.8, 4) is 5.75 Å². The number of halogens is 1. The van der Waals surface area contributed by atoms with Crippen molar-refractivity contribution < 1.29 is 9.13 Å². The standard InChI is InChI=1S/C19H19FN4O/c1-13-22-18(21-12-14-5-3-4-6-17(14)20)11-19(23-13)24-15-7-9-16(25-2)10-8-15/h3-11H,12H2,1-2H3,(H2,21,22,23,24). The van der Waals surface area contributed by atoms with Crippen LogP contribution in [0.5, 0.6) is 5.75 Å². The monoisotopic (exact) mass is 338 g/mol. The normalized spacial score (nSPS) is 10.4. The molecule has 128 valence electrons. The summed E-state index contributed by atoms with van der Waals surface area (Å²) in [5, 5.41) is 6.36. The molecule has 0 spiro atoms. The minimum atomic E-state index is -0.239. The number of anilines is 3. The summed E-state index contributed by atoms with van der Waals surface area (Å²) >= 11 is 0. The number of aryl methyl sites for hydroxylation is 1. The Morgan fingerprint density at radius 3 is 2.44 bits per heavy atom. The third-order valence-electron chi connectivity index (χ3n) is 3.62. The predicted molar refractivity (Wildman–Crippen MR) is 96.8 cm³/mol. The summed E-state index contributed by atoms with van der Waals surface area (Å²) in [6, 6.07) is 16.0. The molecular formula is C19H19FN4O. The second-order valence-electron chi connectivity index (χ2n) is 5.48. The van der Waals surface area contributed by atoms with Crippen LogP contribution in [0.4, 0.5) is 21.7 Å². The molecule has 0 bridgehead atoms. The highest BCUT2D eigenvalue weighted by Gasteiger charge is 2.05. The van der Waals surface area contributed by atoms with Gasteiger partial charge in [-0.3, -0.25) is 0 Å². The number of hydrogen-bond donors (Lipinski definition) is 2. The van der Waals surface area contributed by atoms with Crippen molar-refractivity contribution in [1.29, 1.82) is 0 Å². The van der Waals surface area contributed by atoms with E-state index in [4.69, 9.17) is 4.74 Å². The van der Waals surface area contributed by atoms with Crippen molar-refractivity contribution in [2.24, 2.45) is 0 Å². The highest BCUT2D eigenvalue weighted by atomic mass is 19.1. The molecule has 2 aromatic carbocycles. The van der Waals surface area contributed by atoms with Gasteiger partial charge in [0.1, 0.15) is 29.0 Å². The van der Waals surface area contributed by atoms with E-state index in [0.717, 1.165) is 11.4 Å². The molecule has 5 nitrogen and oxygen atoms in total. The third kappa shape index (κ3) is 4.44. The number of methoxy groups -OCH3 is 1. The average molecular weight is 338 g/mol. The van der Waals surface area contributed by atoms with Gasteiger partial charge in [-0.25, -0.2) is 14.4 Å². The maximum absolute atomic E-state index is 13.7. The molecule has 1 aromatic heterocycles. The summed E-state index contributed by atoms with van der Waals surface area (Å²) in [5.74, 6) is 2.46. The van der Waals surface area contributed by atoms with Crippen molar-refractivity contribution in [2.45, 2.75) is 13.5 Å². The van der Waals surface area contributed by atoms with Crippen LogP contribution >= 0.6 is 0 Å². The van der Waals surface area contributed by atoms with Crippen LogP contribution in [0.2, 0.25) is 0 Å². The molecule has 6 heteroatoms. The second-order valence-corrected chi connectivity index (χ2v) is 5.48. The van der Waals surface area contributed by atoms with Crippen LogP contribution in [-0.4, -0.2) is 17.1 Å². The van der Waals surface area contributed by atoms with Gasteiger partial charge in [0.15, 0.2) is 0 Å². The highest BCUT2D eigenvalue weighted by Crippen LogP contribution is 2.20. The number of ether oxygens (including phenoxy) is 1. The Kier molecular flexibility index (Phi) is 5.09. The summed E-state index contributed by atoms with van der Waals surface area (Å²) in [4.78, 5) is 8.72. The molecule has 0 saturated carbocycles. The molecule has 0 amide bonds. The zero-order valence-electron chi connectivity index (χ0n) is 14.1. The SMILES string of the molecule is COc1ccc(Nc2cc(NCc3ccccc3F)nc(C)n2)cc1. The van der Waals surface area contributed by atoms with Crippen LogP contribution in [0.25, 0.3) is 0 Å². The first-order chi connectivity index (χ1) is 12.1. The van der Waals surface area contributed by atoms with Crippen molar-refractivity contribution in [2.75, 3.05) is 17.7 Å². The smallest absolute Gasteiger partial charge is 0.136 e. The lowest BCUT2D eigenvalue weighted by Gasteiger charge is -2.11. The summed E-state index contributed by atoms with van der Waals surface area (Å²) in [5.41, 5.74) is 1.47. The average Bonchev–Trinajstić information content (AvgIpc) is 2.61. The molecule has 25 heavy (non-hydrogen) atoms. The van der Waals surface area contributed by atoms with Gasteiger partial charge in [-0.1, -0.05) is 18.2 Å². The maximum atomic E-state index is 13.7. The largest absolute Gasteiger partial charge is 0.497 e. The number of hydrogen-bond acceptors (Lipinski definition) is 5. The van der Waals surface area contributed by atoms with E-state index in [2.05, 4.69) is 20.6 Å².